The molecule has 27 heavy (non-hydrogen) atoms. The number of rotatable bonds is 5. The molecule has 1 saturated carbocycles. The minimum atomic E-state index is -0.911. The second kappa shape index (κ2) is 7.65. The molecule has 2 aromatic heterocycles. The Hall–Kier alpha value is -3.09. The van der Waals surface area contributed by atoms with Crippen LogP contribution in [0.5, 0.6) is 0 Å². The fourth-order valence-electron chi connectivity index (χ4n) is 3.21. The lowest BCUT2D eigenvalue weighted by molar-refractivity contribution is 0.509. The average molecular weight is 367 g/mol. The quantitative estimate of drug-likeness (QED) is 0.670. The maximum Gasteiger partial charge on any atom is 0.225 e. The van der Waals surface area contributed by atoms with E-state index in [-0.39, 0.29) is 0 Å². The van der Waals surface area contributed by atoms with Gasteiger partial charge in [0.1, 0.15) is 5.82 Å². The monoisotopic (exact) mass is 367 g/mol. The van der Waals surface area contributed by atoms with Gasteiger partial charge in [-0.15, -0.1) is 0 Å². The van der Waals surface area contributed by atoms with Gasteiger partial charge >= 0.3 is 0 Å². The van der Waals surface area contributed by atoms with Gasteiger partial charge < -0.3 is 10.6 Å². The fourth-order valence-corrected chi connectivity index (χ4v) is 3.21. The third kappa shape index (κ3) is 4.19. The molecule has 4 rings (SSSR count). The van der Waals surface area contributed by atoms with Crippen LogP contribution in [0.3, 0.4) is 0 Å². The van der Waals surface area contributed by atoms with Gasteiger partial charge in [0.25, 0.3) is 0 Å². The lowest BCUT2D eigenvalue weighted by atomic mass is 10.2. The molecule has 0 bridgehead atoms. The van der Waals surface area contributed by atoms with Crippen molar-refractivity contribution in [1.29, 1.82) is 0 Å². The lowest BCUT2D eigenvalue weighted by Gasteiger charge is -2.15. The van der Waals surface area contributed by atoms with Crippen molar-refractivity contribution in [3.8, 4) is 11.3 Å². The van der Waals surface area contributed by atoms with Crippen molar-refractivity contribution < 1.29 is 8.78 Å². The molecule has 1 aliphatic carbocycles. The maximum atomic E-state index is 13.5. The van der Waals surface area contributed by atoms with Crippen LogP contribution in [0.25, 0.3) is 11.3 Å². The molecule has 0 radical (unpaired) electrons. The number of nitrogens with one attached hydrogen (secondary N) is 2. The molecule has 0 aliphatic heterocycles. The summed E-state index contributed by atoms with van der Waals surface area (Å²) >= 11 is 0. The highest BCUT2D eigenvalue weighted by atomic mass is 19.2. The molecule has 5 nitrogen and oxygen atoms in total. The summed E-state index contributed by atoms with van der Waals surface area (Å²) in [5, 5.41) is 6.41. The Morgan fingerprint density at radius 3 is 2.56 bits per heavy atom. The van der Waals surface area contributed by atoms with E-state index in [0.717, 1.165) is 30.5 Å². The molecule has 0 atom stereocenters. The number of hydrogen-bond donors (Lipinski definition) is 2. The normalized spacial score (nSPS) is 14.3. The summed E-state index contributed by atoms with van der Waals surface area (Å²) in [4.78, 5) is 13.2. The SMILES string of the molecule is Fc1ccc(Nc2cc(-c3cccnc3)nc(NC3CCCC3)n2)cc1F. The Balaban J connectivity index is 1.67. The third-order valence-corrected chi connectivity index (χ3v) is 4.56. The van der Waals surface area contributed by atoms with Crippen LogP contribution in [0.4, 0.5) is 26.2 Å². The van der Waals surface area contributed by atoms with Crippen LogP contribution < -0.4 is 10.6 Å². The summed E-state index contributed by atoms with van der Waals surface area (Å²) in [6, 6.07) is 9.52. The standard InChI is InChI=1S/C20H19F2N5/c21-16-8-7-15(10-17(16)22)24-19-11-18(13-4-3-9-23-12-13)26-20(27-19)25-14-5-1-2-6-14/h3-4,7-12,14H,1-2,5-6H2,(H2,24,25,26,27). The molecule has 138 valence electrons. The Bertz CT molecular complexity index is 927. The van der Waals surface area contributed by atoms with Crippen molar-refractivity contribution in [3.63, 3.8) is 0 Å². The second-order valence-electron chi connectivity index (χ2n) is 6.58. The predicted octanol–water partition coefficient (Wildman–Crippen LogP) is 4.91. The highest BCUT2D eigenvalue weighted by molar-refractivity contribution is 5.66. The molecule has 0 spiro atoms. The number of hydrogen-bond acceptors (Lipinski definition) is 5. The largest absolute Gasteiger partial charge is 0.351 e. The smallest absolute Gasteiger partial charge is 0.225 e. The molecule has 0 saturated heterocycles. The highest BCUT2D eigenvalue weighted by Crippen LogP contribution is 2.26. The van der Waals surface area contributed by atoms with E-state index in [1.807, 2.05) is 12.1 Å². The van der Waals surface area contributed by atoms with Crippen molar-refractivity contribution >= 4 is 17.5 Å². The molecule has 3 aromatic rings. The van der Waals surface area contributed by atoms with Gasteiger partial charge in [0, 0.05) is 41.8 Å². The first kappa shape index (κ1) is 17.3. The van der Waals surface area contributed by atoms with Crippen LogP contribution in [-0.4, -0.2) is 21.0 Å². The van der Waals surface area contributed by atoms with Crippen molar-refractivity contribution in [2.45, 2.75) is 31.7 Å². The Morgan fingerprint density at radius 2 is 1.81 bits per heavy atom. The van der Waals surface area contributed by atoms with Gasteiger partial charge in [-0.25, -0.2) is 13.8 Å². The van der Waals surface area contributed by atoms with E-state index in [0.29, 0.717) is 29.2 Å². The van der Waals surface area contributed by atoms with E-state index in [4.69, 9.17) is 0 Å². The zero-order valence-corrected chi connectivity index (χ0v) is 14.6. The van der Waals surface area contributed by atoms with E-state index < -0.39 is 11.6 Å². The third-order valence-electron chi connectivity index (χ3n) is 4.56. The molecule has 0 amide bonds. The Labute approximate surface area is 155 Å². The van der Waals surface area contributed by atoms with Gasteiger partial charge in [-0.3, -0.25) is 4.98 Å². The van der Waals surface area contributed by atoms with Crippen LogP contribution in [0.15, 0.2) is 48.8 Å². The summed E-state index contributed by atoms with van der Waals surface area (Å²) in [7, 11) is 0. The number of pyridine rings is 1. The van der Waals surface area contributed by atoms with Crippen molar-refractivity contribution in [2.24, 2.45) is 0 Å². The zero-order chi connectivity index (χ0) is 18.6. The average Bonchev–Trinajstić information content (AvgIpc) is 3.18. The second-order valence-corrected chi connectivity index (χ2v) is 6.58. The van der Waals surface area contributed by atoms with Crippen molar-refractivity contribution in [3.05, 3.63) is 60.4 Å². The molecule has 1 aromatic carbocycles. The Kier molecular flexibility index (Phi) is 4.91. The molecule has 1 aliphatic rings. The van der Waals surface area contributed by atoms with Crippen LogP contribution in [0.2, 0.25) is 0 Å². The molecule has 1 fully saturated rings. The maximum absolute atomic E-state index is 13.5. The van der Waals surface area contributed by atoms with Gasteiger partial charge in [-0.1, -0.05) is 12.8 Å². The first-order valence-electron chi connectivity index (χ1n) is 8.95. The molecule has 0 unspecified atom stereocenters. The highest BCUT2D eigenvalue weighted by Gasteiger charge is 2.17. The predicted molar refractivity (Wildman–Crippen MR) is 101 cm³/mol. The minimum absolute atomic E-state index is 0.352. The van der Waals surface area contributed by atoms with E-state index in [1.54, 1.807) is 18.5 Å². The number of halogens is 2. The van der Waals surface area contributed by atoms with Gasteiger partial charge in [0.2, 0.25) is 5.95 Å². The first-order valence-corrected chi connectivity index (χ1v) is 8.95. The number of aromatic nitrogens is 3. The lowest BCUT2D eigenvalue weighted by Crippen LogP contribution is -2.17. The summed E-state index contributed by atoms with van der Waals surface area (Å²) in [5.41, 5.74) is 1.96. The number of nitrogens with zero attached hydrogens (tertiary/aromatic N) is 3. The van der Waals surface area contributed by atoms with E-state index in [2.05, 4.69) is 25.6 Å². The Morgan fingerprint density at radius 1 is 0.963 bits per heavy atom. The summed E-state index contributed by atoms with van der Waals surface area (Å²) < 4.78 is 26.7. The summed E-state index contributed by atoms with van der Waals surface area (Å²) in [5.74, 6) is -0.794. The summed E-state index contributed by atoms with van der Waals surface area (Å²) in [6.07, 6.45) is 7.99. The molecule has 2 N–H and O–H groups in total. The van der Waals surface area contributed by atoms with Crippen molar-refractivity contribution in [2.75, 3.05) is 10.6 Å². The van der Waals surface area contributed by atoms with E-state index in [9.17, 15) is 8.78 Å². The molecular weight excluding hydrogens is 348 g/mol. The zero-order valence-electron chi connectivity index (χ0n) is 14.6. The number of anilines is 3. The first-order chi connectivity index (χ1) is 13.2. The van der Waals surface area contributed by atoms with Gasteiger partial charge in [-0.05, 0) is 37.1 Å². The summed E-state index contributed by atoms with van der Waals surface area (Å²) in [6.45, 7) is 0. The van der Waals surface area contributed by atoms with Gasteiger partial charge in [0.05, 0.1) is 5.69 Å². The molecular formula is C20H19F2N5. The molecule has 2 heterocycles. The van der Waals surface area contributed by atoms with Crippen LogP contribution in [-0.2, 0) is 0 Å². The van der Waals surface area contributed by atoms with Gasteiger partial charge in [-0.2, -0.15) is 4.98 Å². The van der Waals surface area contributed by atoms with Crippen LogP contribution >= 0.6 is 0 Å². The van der Waals surface area contributed by atoms with Gasteiger partial charge in [0.15, 0.2) is 11.6 Å². The van der Waals surface area contributed by atoms with E-state index >= 15 is 0 Å². The van der Waals surface area contributed by atoms with E-state index in [1.165, 1.54) is 18.9 Å². The molecule has 7 heteroatoms. The van der Waals surface area contributed by atoms with Crippen molar-refractivity contribution in [1.82, 2.24) is 15.0 Å². The number of benzene rings is 1. The fraction of sp³-hybridized carbons (Fsp3) is 0.250. The van der Waals surface area contributed by atoms with Crippen LogP contribution in [0, 0.1) is 11.6 Å². The topological polar surface area (TPSA) is 62.7 Å². The van der Waals surface area contributed by atoms with Crippen LogP contribution in [0.1, 0.15) is 25.7 Å². The minimum Gasteiger partial charge on any atom is -0.351 e.